The molecule has 78 valence electrons. The summed E-state index contributed by atoms with van der Waals surface area (Å²) < 4.78 is 33.6. The minimum absolute atomic E-state index is 0.106. The van der Waals surface area contributed by atoms with Crippen LogP contribution in [0.3, 0.4) is 0 Å². The number of pyridine rings is 1. The van der Waals surface area contributed by atoms with E-state index in [9.17, 15) is 12.8 Å². The molecular weight excluding hydrogens is 209 g/mol. The molecule has 0 saturated carbocycles. The second-order valence-electron chi connectivity index (χ2n) is 2.64. The van der Waals surface area contributed by atoms with E-state index in [2.05, 4.69) is 10.3 Å². The van der Waals surface area contributed by atoms with Crippen LogP contribution in [0.25, 0.3) is 0 Å². The van der Waals surface area contributed by atoms with E-state index in [1.54, 1.807) is 0 Å². The number of anilines is 1. The third kappa shape index (κ3) is 4.15. The number of aromatic nitrogens is 1. The third-order valence-electron chi connectivity index (χ3n) is 1.41. The van der Waals surface area contributed by atoms with E-state index in [-0.39, 0.29) is 18.1 Å². The van der Waals surface area contributed by atoms with Crippen molar-refractivity contribution >= 4 is 15.8 Å². The Morgan fingerprint density at radius 1 is 1.50 bits per heavy atom. The highest BCUT2D eigenvalue weighted by molar-refractivity contribution is 7.89. The van der Waals surface area contributed by atoms with Gasteiger partial charge in [0.1, 0.15) is 5.82 Å². The second kappa shape index (κ2) is 4.34. The zero-order valence-electron chi connectivity index (χ0n) is 7.27. The van der Waals surface area contributed by atoms with Gasteiger partial charge >= 0.3 is 0 Å². The Hall–Kier alpha value is -1.21. The Labute approximate surface area is 81.2 Å². The normalized spacial score (nSPS) is 11.3. The van der Waals surface area contributed by atoms with Crippen molar-refractivity contribution < 1.29 is 12.8 Å². The minimum atomic E-state index is -3.49. The summed E-state index contributed by atoms with van der Waals surface area (Å²) in [5, 5.41) is 7.40. The maximum atomic E-state index is 12.5. The number of sulfonamides is 1. The van der Waals surface area contributed by atoms with Crippen LogP contribution >= 0.6 is 0 Å². The van der Waals surface area contributed by atoms with Gasteiger partial charge < -0.3 is 5.32 Å². The van der Waals surface area contributed by atoms with Gasteiger partial charge in [0.25, 0.3) is 0 Å². The molecule has 0 aromatic carbocycles. The topological polar surface area (TPSA) is 85.1 Å². The number of hydrogen-bond donors (Lipinski definition) is 2. The van der Waals surface area contributed by atoms with Crippen LogP contribution in [-0.2, 0) is 10.0 Å². The summed E-state index contributed by atoms with van der Waals surface area (Å²) >= 11 is 0. The fourth-order valence-corrected chi connectivity index (χ4v) is 1.21. The van der Waals surface area contributed by atoms with Crippen LogP contribution in [0.2, 0.25) is 0 Å². The second-order valence-corrected chi connectivity index (χ2v) is 4.37. The van der Waals surface area contributed by atoms with E-state index in [1.165, 1.54) is 18.2 Å². The summed E-state index contributed by atoms with van der Waals surface area (Å²) in [4.78, 5) is 3.48. The Kier molecular flexibility index (Phi) is 3.37. The predicted octanol–water partition coefficient (Wildman–Crippen LogP) is -0.0789. The predicted molar refractivity (Wildman–Crippen MR) is 50.7 cm³/mol. The number of nitrogens with one attached hydrogen (secondary N) is 1. The molecule has 0 amide bonds. The fraction of sp³-hybridized carbons (Fsp3) is 0.286. The Bertz CT molecular complexity index is 407. The Morgan fingerprint density at radius 3 is 2.79 bits per heavy atom. The van der Waals surface area contributed by atoms with Gasteiger partial charge in [0.2, 0.25) is 16.0 Å². The number of nitrogens with two attached hydrogens (primary N) is 1. The molecule has 0 atom stereocenters. The van der Waals surface area contributed by atoms with Crippen molar-refractivity contribution in [3.8, 4) is 0 Å². The zero-order valence-corrected chi connectivity index (χ0v) is 8.09. The molecule has 3 N–H and O–H groups in total. The molecule has 0 aliphatic carbocycles. The van der Waals surface area contributed by atoms with Crippen molar-refractivity contribution in [3.05, 3.63) is 24.1 Å². The number of primary sulfonamides is 1. The van der Waals surface area contributed by atoms with Gasteiger partial charge in [0, 0.05) is 6.54 Å². The first kappa shape index (κ1) is 10.9. The summed E-state index contributed by atoms with van der Waals surface area (Å²) in [7, 11) is -3.49. The van der Waals surface area contributed by atoms with Gasteiger partial charge in [-0.3, -0.25) is 0 Å². The molecule has 0 unspecified atom stereocenters. The van der Waals surface area contributed by atoms with Crippen LogP contribution in [-0.4, -0.2) is 25.7 Å². The quantitative estimate of drug-likeness (QED) is 0.694. The van der Waals surface area contributed by atoms with Crippen LogP contribution in [0.1, 0.15) is 0 Å². The fourth-order valence-electron chi connectivity index (χ4n) is 0.828. The van der Waals surface area contributed by atoms with Crippen LogP contribution in [0, 0.1) is 5.95 Å². The summed E-state index contributed by atoms with van der Waals surface area (Å²) in [5.41, 5.74) is 0. The molecule has 7 heteroatoms. The lowest BCUT2D eigenvalue weighted by Crippen LogP contribution is -2.22. The zero-order chi connectivity index (χ0) is 10.6. The maximum absolute atomic E-state index is 12.5. The Balaban J connectivity index is 2.47. The molecule has 1 rings (SSSR count). The van der Waals surface area contributed by atoms with Gasteiger partial charge in [-0.25, -0.2) is 18.5 Å². The van der Waals surface area contributed by atoms with Gasteiger partial charge in [-0.2, -0.15) is 4.39 Å². The molecule has 1 heterocycles. The number of rotatable bonds is 4. The van der Waals surface area contributed by atoms with Crippen molar-refractivity contribution in [1.82, 2.24) is 4.98 Å². The van der Waals surface area contributed by atoms with Gasteiger partial charge in [-0.1, -0.05) is 6.07 Å². The highest BCUT2D eigenvalue weighted by atomic mass is 32.2. The molecule has 0 aliphatic heterocycles. The van der Waals surface area contributed by atoms with Crippen LogP contribution < -0.4 is 10.5 Å². The maximum Gasteiger partial charge on any atom is 0.214 e. The largest absolute Gasteiger partial charge is 0.369 e. The molecule has 0 fully saturated rings. The van der Waals surface area contributed by atoms with E-state index in [0.29, 0.717) is 0 Å². The first-order valence-corrected chi connectivity index (χ1v) is 5.56. The molecule has 0 aliphatic rings. The summed E-state index contributed by atoms with van der Waals surface area (Å²) in [6.07, 6.45) is 0. The van der Waals surface area contributed by atoms with E-state index in [4.69, 9.17) is 5.14 Å². The molecule has 0 saturated heterocycles. The third-order valence-corrected chi connectivity index (χ3v) is 2.18. The standard InChI is InChI=1S/C7H10FN3O2S/c8-6-2-1-3-7(11-6)10-4-5-14(9,12)13/h1-3H,4-5H2,(H,10,11)(H2,9,12,13). The van der Waals surface area contributed by atoms with E-state index < -0.39 is 16.0 Å². The van der Waals surface area contributed by atoms with Gasteiger partial charge in [0.05, 0.1) is 5.75 Å². The number of halogens is 1. The summed E-state index contributed by atoms with van der Waals surface area (Å²) in [5.74, 6) is -0.551. The monoisotopic (exact) mass is 219 g/mol. The highest BCUT2D eigenvalue weighted by Crippen LogP contribution is 2.02. The highest BCUT2D eigenvalue weighted by Gasteiger charge is 2.02. The number of hydrogen-bond acceptors (Lipinski definition) is 4. The summed E-state index contributed by atoms with van der Waals surface area (Å²) in [6.45, 7) is 0.106. The molecule has 0 spiro atoms. The van der Waals surface area contributed by atoms with Crippen LogP contribution in [0.4, 0.5) is 10.2 Å². The van der Waals surface area contributed by atoms with Crippen LogP contribution in [0.15, 0.2) is 18.2 Å². The lowest BCUT2D eigenvalue weighted by molar-refractivity contribution is 0.585. The molecule has 0 bridgehead atoms. The van der Waals surface area contributed by atoms with Crippen LogP contribution in [0.5, 0.6) is 0 Å². The minimum Gasteiger partial charge on any atom is -0.369 e. The van der Waals surface area contributed by atoms with Crippen molar-refractivity contribution in [2.75, 3.05) is 17.6 Å². The smallest absolute Gasteiger partial charge is 0.214 e. The first-order chi connectivity index (χ1) is 6.47. The van der Waals surface area contributed by atoms with Crippen molar-refractivity contribution in [2.45, 2.75) is 0 Å². The molecular formula is C7H10FN3O2S. The molecule has 0 radical (unpaired) electrons. The average molecular weight is 219 g/mol. The molecule has 1 aromatic rings. The van der Waals surface area contributed by atoms with Crippen molar-refractivity contribution in [3.63, 3.8) is 0 Å². The van der Waals surface area contributed by atoms with Gasteiger partial charge in [-0.05, 0) is 12.1 Å². The van der Waals surface area contributed by atoms with Gasteiger partial charge in [-0.15, -0.1) is 0 Å². The van der Waals surface area contributed by atoms with E-state index in [0.717, 1.165) is 0 Å². The van der Waals surface area contributed by atoms with E-state index in [1.807, 2.05) is 0 Å². The Morgan fingerprint density at radius 2 is 2.21 bits per heavy atom. The van der Waals surface area contributed by atoms with Crippen molar-refractivity contribution in [2.24, 2.45) is 5.14 Å². The lowest BCUT2D eigenvalue weighted by Gasteiger charge is -2.03. The summed E-state index contributed by atoms with van der Waals surface area (Å²) in [6, 6.07) is 4.21. The molecule has 14 heavy (non-hydrogen) atoms. The van der Waals surface area contributed by atoms with E-state index >= 15 is 0 Å². The lowest BCUT2D eigenvalue weighted by atomic mass is 10.4. The van der Waals surface area contributed by atoms with Gasteiger partial charge in [0.15, 0.2) is 0 Å². The van der Waals surface area contributed by atoms with Crippen molar-refractivity contribution in [1.29, 1.82) is 0 Å². The molecule has 1 aromatic heterocycles. The average Bonchev–Trinajstić information content (AvgIpc) is 2.01. The number of nitrogens with zero attached hydrogens (tertiary/aromatic N) is 1. The molecule has 5 nitrogen and oxygen atoms in total. The SMILES string of the molecule is NS(=O)(=O)CCNc1cccc(F)n1. The first-order valence-electron chi connectivity index (χ1n) is 3.84.